The molecule has 1 saturated heterocycles. The summed E-state index contributed by atoms with van der Waals surface area (Å²) in [5, 5.41) is 8.05. The molecule has 4 N–H and O–H groups in total. The predicted molar refractivity (Wildman–Crippen MR) is 175 cm³/mol. The third-order valence-corrected chi connectivity index (χ3v) is 9.64. The highest BCUT2D eigenvalue weighted by Gasteiger charge is 2.37. The summed E-state index contributed by atoms with van der Waals surface area (Å²) in [6, 6.07) is 12.8. The van der Waals surface area contributed by atoms with Gasteiger partial charge in [0.1, 0.15) is 18.0 Å². The van der Waals surface area contributed by atoms with E-state index in [2.05, 4.69) is 32.3 Å². The number of nitrogens with one attached hydrogen (secondary N) is 2. The summed E-state index contributed by atoms with van der Waals surface area (Å²) >= 11 is 6.02. The number of carbonyl (C=O) groups excluding carboxylic acids is 1. The van der Waals surface area contributed by atoms with Gasteiger partial charge in [0.2, 0.25) is 5.95 Å². The lowest BCUT2D eigenvalue weighted by molar-refractivity contribution is -0.148. The first-order valence-electron chi connectivity index (χ1n) is 14.6. The molecule has 3 heterocycles. The molecule has 4 aromatic rings. The summed E-state index contributed by atoms with van der Waals surface area (Å²) < 4.78 is 26.7. The highest BCUT2D eigenvalue weighted by molar-refractivity contribution is 8.09. The van der Waals surface area contributed by atoms with Gasteiger partial charge in [-0.15, -0.1) is 0 Å². The van der Waals surface area contributed by atoms with Crippen LogP contribution in [0.25, 0.3) is 21.9 Å². The second-order valence-corrected chi connectivity index (χ2v) is 15.4. The van der Waals surface area contributed by atoms with Crippen molar-refractivity contribution < 1.29 is 23.3 Å². The first-order valence-corrected chi connectivity index (χ1v) is 17.2. The van der Waals surface area contributed by atoms with Gasteiger partial charge in [-0.25, -0.2) is 10.1 Å². The molecule has 1 aliphatic heterocycles. The Hall–Kier alpha value is -3.35. The minimum Gasteiger partial charge on any atom is -0.464 e. The Labute approximate surface area is 262 Å². The van der Waals surface area contributed by atoms with Crippen LogP contribution >= 0.6 is 6.64 Å². The van der Waals surface area contributed by atoms with Crippen LogP contribution < -0.4 is 20.7 Å². The van der Waals surface area contributed by atoms with Crippen LogP contribution in [0.1, 0.15) is 47.3 Å². The average molecular weight is 642 g/mol. The van der Waals surface area contributed by atoms with Crippen molar-refractivity contribution in [2.45, 2.75) is 59.4 Å². The molecule has 0 aliphatic carbocycles. The number of nitrogens with zero attached hydrogens (tertiary/aromatic N) is 4. The molecule has 0 unspecified atom stereocenters. The zero-order valence-corrected chi connectivity index (χ0v) is 27.5. The summed E-state index contributed by atoms with van der Waals surface area (Å²) in [4.78, 5) is 26.0. The molecule has 0 saturated carbocycles. The molecule has 1 aliphatic rings. The fourth-order valence-corrected chi connectivity index (χ4v) is 7.48. The van der Waals surface area contributed by atoms with E-state index in [9.17, 15) is 4.79 Å². The highest BCUT2D eigenvalue weighted by Crippen LogP contribution is 2.48. The van der Waals surface area contributed by atoms with Gasteiger partial charge < -0.3 is 29.6 Å². The van der Waals surface area contributed by atoms with E-state index in [1.807, 2.05) is 67.8 Å². The van der Waals surface area contributed by atoms with E-state index in [0.717, 1.165) is 10.8 Å². The third-order valence-electron chi connectivity index (χ3n) is 7.15. The number of nitrogen functional groups attached to an aromatic ring is 1. The van der Waals surface area contributed by atoms with E-state index in [0.29, 0.717) is 29.2 Å². The van der Waals surface area contributed by atoms with E-state index in [1.54, 1.807) is 20.3 Å². The van der Waals surface area contributed by atoms with Crippen molar-refractivity contribution in [2.75, 3.05) is 31.3 Å². The maximum atomic E-state index is 12.9. The lowest BCUT2D eigenvalue weighted by atomic mass is 9.99. The fourth-order valence-electron chi connectivity index (χ4n) is 5.04. The van der Waals surface area contributed by atoms with Crippen molar-refractivity contribution >= 4 is 58.1 Å². The van der Waals surface area contributed by atoms with Crippen LogP contribution in [-0.4, -0.2) is 57.9 Å². The number of aromatic nitrogens is 4. The zero-order chi connectivity index (χ0) is 31.6. The molecule has 1 fully saturated rings. The van der Waals surface area contributed by atoms with Crippen LogP contribution in [0.2, 0.25) is 0 Å². The molecule has 2 aromatic heterocycles. The van der Waals surface area contributed by atoms with Gasteiger partial charge >= 0.3 is 12.6 Å². The predicted octanol–water partition coefficient (Wildman–Crippen LogP) is 5.41. The lowest BCUT2D eigenvalue weighted by Crippen LogP contribution is -2.36. The number of hydrogen-bond donors (Lipinski definition) is 3. The van der Waals surface area contributed by atoms with Crippen LogP contribution in [0.3, 0.4) is 0 Å². The molecule has 0 spiro atoms. The minimum atomic E-state index is -3.29. The zero-order valence-electron chi connectivity index (χ0n) is 25.8. The minimum absolute atomic E-state index is 0.103. The van der Waals surface area contributed by atoms with Crippen molar-refractivity contribution in [3.05, 3.63) is 48.8 Å². The van der Waals surface area contributed by atoms with Gasteiger partial charge in [-0.3, -0.25) is 9.36 Å². The fraction of sp³-hybridized carbons (Fsp3) is 0.467. The van der Waals surface area contributed by atoms with Gasteiger partial charge in [0.15, 0.2) is 17.0 Å². The van der Waals surface area contributed by atoms with E-state index >= 15 is 0 Å². The second-order valence-electron chi connectivity index (χ2n) is 12.2. The quantitative estimate of drug-likeness (QED) is 0.142. The number of carbonyl (C=O) groups is 1. The molecule has 5 rings (SSSR count). The third kappa shape index (κ3) is 7.30. The Morgan fingerprint density at radius 2 is 1.98 bits per heavy atom. The summed E-state index contributed by atoms with van der Waals surface area (Å²) in [6.07, 6.45) is 1.71. The summed E-state index contributed by atoms with van der Waals surface area (Å²) in [7, 11) is 1.76. The van der Waals surface area contributed by atoms with Crippen LogP contribution in [0.4, 0.5) is 11.8 Å². The smallest absolute Gasteiger partial charge is 0.323 e. The van der Waals surface area contributed by atoms with Crippen molar-refractivity contribution in [3.63, 3.8) is 0 Å². The first kappa shape index (κ1) is 32.1. The highest BCUT2D eigenvalue weighted by atomic mass is 32.5. The lowest BCUT2D eigenvalue weighted by Gasteiger charge is -2.28. The van der Waals surface area contributed by atoms with Crippen molar-refractivity contribution in [2.24, 2.45) is 11.3 Å². The maximum Gasteiger partial charge on any atom is 0.323 e. The number of ether oxygens (including phenoxy) is 2. The Bertz CT molecular complexity index is 1690. The SMILES string of the molecule is CNc1nc(N)nc2c1ncn2[C@@H]1O[C@H](CO[P@](=S)(N[C@@H](C)C(=O)OCC(C)(C)C)Oc2cccc3ccccc23)C[C@@H]1C. The van der Waals surface area contributed by atoms with Crippen LogP contribution in [0.15, 0.2) is 48.8 Å². The molecule has 12 nitrogen and oxygen atoms in total. The number of hydrogen-bond acceptors (Lipinski definition) is 11. The van der Waals surface area contributed by atoms with Crippen LogP contribution in [0, 0.1) is 11.3 Å². The molecule has 236 valence electrons. The Morgan fingerprint density at radius 1 is 1.23 bits per heavy atom. The molecular formula is C30H40N7O5PS. The van der Waals surface area contributed by atoms with Gasteiger partial charge in [-0.05, 0) is 42.0 Å². The Balaban J connectivity index is 1.35. The number of fused-ring (bicyclic) bond motifs is 2. The standard InChI is InChI=1S/C30H40N7O5PS/c1-18-14-21(41-27(18)37-17-33-24-25(32-6)34-29(31)35-26(24)37)15-40-43(44,36-19(2)28(38)39-16-30(3,4)5)42-23-13-9-11-20-10-7-8-12-22(20)23/h7-13,17-19,21,27H,14-16H2,1-6H3,(H,36,44)(H3,31,32,34,35)/t18-,19-,21-,27+,43+/m0/s1. The Kier molecular flexibility index (Phi) is 9.43. The molecule has 0 bridgehead atoms. The molecular weight excluding hydrogens is 601 g/mol. The first-order chi connectivity index (χ1) is 20.9. The van der Waals surface area contributed by atoms with E-state index in [4.69, 9.17) is 36.1 Å². The van der Waals surface area contributed by atoms with E-state index in [1.165, 1.54) is 0 Å². The maximum absolute atomic E-state index is 12.9. The molecule has 5 atom stereocenters. The molecule has 2 aromatic carbocycles. The van der Waals surface area contributed by atoms with Gasteiger partial charge in [0.05, 0.1) is 25.6 Å². The van der Waals surface area contributed by atoms with E-state index < -0.39 is 18.7 Å². The number of benzene rings is 2. The number of rotatable bonds is 11. The van der Waals surface area contributed by atoms with Gasteiger partial charge in [0.25, 0.3) is 0 Å². The number of nitrogens with two attached hydrogens (primary N) is 1. The Morgan fingerprint density at radius 3 is 2.73 bits per heavy atom. The van der Waals surface area contributed by atoms with Crippen LogP contribution in [-0.2, 0) is 30.6 Å². The van der Waals surface area contributed by atoms with Crippen LogP contribution in [0.5, 0.6) is 5.75 Å². The molecule has 44 heavy (non-hydrogen) atoms. The van der Waals surface area contributed by atoms with E-state index in [-0.39, 0.29) is 42.8 Å². The van der Waals surface area contributed by atoms with Gasteiger partial charge in [-0.2, -0.15) is 9.97 Å². The van der Waals surface area contributed by atoms with Crippen molar-refractivity contribution in [3.8, 4) is 5.75 Å². The normalized spacial score (nSPS) is 20.8. The molecule has 14 heteroatoms. The number of anilines is 2. The number of imidazole rings is 1. The number of esters is 1. The monoisotopic (exact) mass is 641 g/mol. The molecule has 0 radical (unpaired) electrons. The summed E-state index contributed by atoms with van der Waals surface area (Å²) in [5.74, 6) is 0.923. The van der Waals surface area contributed by atoms with Crippen molar-refractivity contribution in [1.82, 2.24) is 24.6 Å². The topological polar surface area (TPSA) is 148 Å². The second kappa shape index (κ2) is 12.9. The van der Waals surface area contributed by atoms with Gasteiger partial charge in [-0.1, -0.05) is 64.1 Å². The summed E-state index contributed by atoms with van der Waals surface area (Å²) in [6.45, 7) is 6.92. The average Bonchev–Trinajstić information content (AvgIpc) is 3.56. The van der Waals surface area contributed by atoms with Gasteiger partial charge in [0, 0.05) is 18.4 Å². The summed E-state index contributed by atoms with van der Waals surface area (Å²) in [5.41, 5.74) is 6.96. The van der Waals surface area contributed by atoms with Crippen molar-refractivity contribution in [1.29, 1.82) is 0 Å². The molecule has 0 amide bonds. The largest absolute Gasteiger partial charge is 0.464 e.